The quantitative estimate of drug-likeness (QED) is 0.766. The number of carbonyl (C=O) groups excluding carboxylic acids is 2. The number of hydrogen-bond acceptors (Lipinski definition) is 4. The Bertz CT molecular complexity index is 503. The van der Waals surface area contributed by atoms with Crippen LogP contribution in [-0.2, 0) is 9.53 Å². The van der Waals surface area contributed by atoms with E-state index in [0.29, 0.717) is 24.4 Å². The Morgan fingerprint density at radius 1 is 1.15 bits per heavy atom. The van der Waals surface area contributed by atoms with Crippen molar-refractivity contribution >= 4 is 12.0 Å². The first-order valence-corrected chi connectivity index (χ1v) is 10.7. The lowest BCUT2D eigenvalue weighted by molar-refractivity contribution is -0.127. The zero-order chi connectivity index (χ0) is 20.0. The van der Waals surface area contributed by atoms with Gasteiger partial charge in [0.2, 0.25) is 5.91 Å². The van der Waals surface area contributed by atoms with Gasteiger partial charge in [-0.2, -0.15) is 0 Å². The summed E-state index contributed by atoms with van der Waals surface area (Å²) in [5.74, 6) is 1.08. The molecule has 156 valence electrons. The maximum absolute atomic E-state index is 12.7. The highest BCUT2D eigenvalue weighted by Gasteiger charge is 2.30. The summed E-state index contributed by atoms with van der Waals surface area (Å²) < 4.78 is 5.31. The van der Waals surface area contributed by atoms with Crippen molar-refractivity contribution in [3.63, 3.8) is 0 Å². The van der Waals surface area contributed by atoms with Crippen LogP contribution in [0.25, 0.3) is 0 Å². The van der Waals surface area contributed by atoms with E-state index in [-0.39, 0.29) is 18.0 Å². The summed E-state index contributed by atoms with van der Waals surface area (Å²) in [5.41, 5.74) is -0.481. The van der Waals surface area contributed by atoms with E-state index in [9.17, 15) is 9.59 Å². The lowest BCUT2D eigenvalue weighted by Gasteiger charge is -2.37. The monoisotopic (exact) mass is 381 g/mol. The molecule has 1 saturated heterocycles. The molecule has 2 N–H and O–H groups in total. The van der Waals surface area contributed by atoms with Gasteiger partial charge in [-0.15, -0.1) is 0 Å². The van der Waals surface area contributed by atoms with Gasteiger partial charge in [-0.25, -0.2) is 4.79 Å². The third kappa shape index (κ3) is 7.32. The minimum Gasteiger partial charge on any atom is -0.444 e. The molecule has 2 aliphatic rings. The number of nitrogens with zero attached hydrogens (tertiary/aromatic N) is 1. The number of nitrogens with one attached hydrogen (secondary N) is 2. The van der Waals surface area contributed by atoms with Gasteiger partial charge in [-0.05, 0) is 71.8 Å². The summed E-state index contributed by atoms with van der Waals surface area (Å²) in [7, 11) is 0. The van der Waals surface area contributed by atoms with E-state index < -0.39 is 5.60 Å². The number of alkyl carbamates (subject to hydrolysis) is 1. The van der Waals surface area contributed by atoms with Gasteiger partial charge in [-0.3, -0.25) is 9.69 Å². The number of rotatable bonds is 5. The molecular formula is C21H39N3O3. The second-order valence-corrected chi connectivity index (χ2v) is 9.44. The molecular weight excluding hydrogens is 342 g/mol. The summed E-state index contributed by atoms with van der Waals surface area (Å²) in [6.45, 7) is 12.2. The van der Waals surface area contributed by atoms with Crippen LogP contribution in [0.4, 0.5) is 4.79 Å². The lowest BCUT2D eigenvalue weighted by atomic mass is 9.86. The minimum absolute atomic E-state index is 0.122. The topological polar surface area (TPSA) is 70.7 Å². The smallest absolute Gasteiger partial charge is 0.407 e. The van der Waals surface area contributed by atoms with Crippen LogP contribution in [0.1, 0.15) is 73.1 Å². The van der Waals surface area contributed by atoms with Crippen molar-refractivity contribution in [2.75, 3.05) is 19.6 Å². The van der Waals surface area contributed by atoms with Crippen LogP contribution >= 0.6 is 0 Å². The van der Waals surface area contributed by atoms with Crippen molar-refractivity contribution in [1.29, 1.82) is 0 Å². The molecule has 6 heteroatoms. The minimum atomic E-state index is -0.481. The lowest BCUT2D eigenvalue weighted by Crippen LogP contribution is -2.53. The van der Waals surface area contributed by atoms with Gasteiger partial charge in [0.15, 0.2) is 0 Å². The van der Waals surface area contributed by atoms with Crippen LogP contribution < -0.4 is 10.6 Å². The fourth-order valence-corrected chi connectivity index (χ4v) is 4.16. The molecule has 4 unspecified atom stereocenters. The molecule has 1 aliphatic heterocycles. The molecule has 1 saturated carbocycles. The number of carbonyl (C=O) groups is 2. The highest BCUT2D eigenvalue weighted by Crippen LogP contribution is 2.24. The molecule has 0 bridgehead atoms. The number of amides is 2. The van der Waals surface area contributed by atoms with Crippen molar-refractivity contribution in [3.05, 3.63) is 0 Å². The molecule has 0 radical (unpaired) electrons. The number of hydrogen-bond donors (Lipinski definition) is 2. The van der Waals surface area contributed by atoms with Crippen molar-refractivity contribution < 1.29 is 14.3 Å². The number of likely N-dealkylation sites (tertiary alicyclic amines) is 1. The Kier molecular flexibility index (Phi) is 7.95. The van der Waals surface area contributed by atoms with Gasteiger partial charge < -0.3 is 15.4 Å². The molecule has 2 rings (SSSR count). The van der Waals surface area contributed by atoms with Gasteiger partial charge in [0.25, 0.3) is 0 Å². The first-order chi connectivity index (χ1) is 12.7. The molecule has 0 aromatic heterocycles. The van der Waals surface area contributed by atoms with Gasteiger partial charge in [0.05, 0.1) is 6.04 Å². The van der Waals surface area contributed by atoms with E-state index in [2.05, 4.69) is 22.5 Å². The average Bonchev–Trinajstić information content (AvgIpc) is 2.60. The molecule has 2 fully saturated rings. The fraction of sp³-hybridized carbons (Fsp3) is 0.905. The summed E-state index contributed by atoms with van der Waals surface area (Å²) in [4.78, 5) is 26.9. The summed E-state index contributed by atoms with van der Waals surface area (Å²) in [5, 5.41) is 6.17. The zero-order valence-electron chi connectivity index (χ0n) is 17.8. The Balaban J connectivity index is 1.78. The van der Waals surface area contributed by atoms with Crippen molar-refractivity contribution in [1.82, 2.24) is 15.5 Å². The molecule has 27 heavy (non-hydrogen) atoms. The summed E-state index contributed by atoms with van der Waals surface area (Å²) in [6.07, 6.45) is 6.56. The van der Waals surface area contributed by atoms with Crippen LogP contribution in [0.5, 0.6) is 0 Å². The van der Waals surface area contributed by atoms with Crippen molar-refractivity contribution in [2.45, 2.75) is 90.8 Å². The number of ether oxygens (including phenoxy) is 1. The number of piperidine rings is 1. The Labute approximate surface area is 164 Å². The molecule has 1 aliphatic carbocycles. The molecule has 0 aromatic rings. The van der Waals surface area contributed by atoms with E-state index in [1.165, 1.54) is 19.3 Å². The van der Waals surface area contributed by atoms with Crippen LogP contribution in [0.2, 0.25) is 0 Å². The van der Waals surface area contributed by atoms with E-state index in [1.54, 1.807) is 0 Å². The predicted octanol–water partition coefficient (Wildman–Crippen LogP) is 3.31. The fourth-order valence-electron chi connectivity index (χ4n) is 4.16. The van der Waals surface area contributed by atoms with Gasteiger partial charge >= 0.3 is 6.09 Å². The molecule has 4 atom stereocenters. The largest absolute Gasteiger partial charge is 0.444 e. The molecule has 2 amide bonds. The second kappa shape index (κ2) is 9.76. The third-order valence-corrected chi connectivity index (χ3v) is 5.85. The second-order valence-electron chi connectivity index (χ2n) is 9.44. The van der Waals surface area contributed by atoms with E-state index in [0.717, 1.165) is 32.4 Å². The normalized spacial score (nSPS) is 28.3. The van der Waals surface area contributed by atoms with E-state index in [4.69, 9.17) is 4.74 Å². The van der Waals surface area contributed by atoms with Gasteiger partial charge in [0.1, 0.15) is 5.60 Å². The van der Waals surface area contributed by atoms with Crippen LogP contribution in [-0.4, -0.2) is 54.2 Å². The highest BCUT2D eigenvalue weighted by molar-refractivity contribution is 5.81. The Hall–Kier alpha value is -1.30. The summed E-state index contributed by atoms with van der Waals surface area (Å²) in [6, 6.07) is 0.201. The molecule has 1 heterocycles. The van der Waals surface area contributed by atoms with Crippen molar-refractivity contribution in [3.8, 4) is 0 Å². The first kappa shape index (κ1) is 22.0. The SMILES string of the molecule is CC1CCCCC1NC(=O)C(C)N1CCCC(CNC(=O)OC(C)(C)C)C1. The van der Waals surface area contributed by atoms with Crippen LogP contribution in [0, 0.1) is 11.8 Å². The van der Waals surface area contributed by atoms with E-state index in [1.807, 2.05) is 27.7 Å². The van der Waals surface area contributed by atoms with Gasteiger partial charge in [0, 0.05) is 19.1 Å². The van der Waals surface area contributed by atoms with Gasteiger partial charge in [-0.1, -0.05) is 19.8 Å². The molecule has 0 spiro atoms. The van der Waals surface area contributed by atoms with Crippen LogP contribution in [0.3, 0.4) is 0 Å². The molecule has 6 nitrogen and oxygen atoms in total. The van der Waals surface area contributed by atoms with Crippen molar-refractivity contribution in [2.24, 2.45) is 11.8 Å². The Morgan fingerprint density at radius 2 is 1.85 bits per heavy atom. The predicted molar refractivity (Wildman–Crippen MR) is 108 cm³/mol. The highest BCUT2D eigenvalue weighted by atomic mass is 16.6. The summed E-state index contributed by atoms with van der Waals surface area (Å²) >= 11 is 0. The first-order valence-electron chi connectivity index (χ1n) is 10.7. The average molecular weight is 382 g/mol. The maximum atomic E-state index is 12.7. The maximum Gasteiger partial charge on any atom is 0.407 e. The molecule has 0 aromatic carbocycles. The van der Waals surface area contributed by atoms with E-state index >= 15 is 0 Å². The van der Waals surface area contributed by atoms with Crippen LogP contribution in [0.15, 0.2) is 0 Å². The standard InChI is InChI=1S/C21H39N3O3/c1-15-9-6-7-11-18(15)23-19(25)16(2)24-12-8-10-17(14-24)13-22-20(26)27-21(3,4)5/h15-18H,6-14H2,1-5H3,(H,22,26)(H,23,25). The zero-order valence-corrected chi connectivity index (χ0v) is 17.8. The Morgan fingerprint density at radius 3 is 2.52 bits per heavy atom. The third-order valence-electron chi connectivity index (χ3n) is 5.85.